The first kappa shape index (κ1) is 28.2. The Morgan fingerprint density at radius 1 is 0.562 bits per heavy atom. The maximum atomic E-state index is 4.97. The molecule has 0 bridgehead atoms. The van der Waals surface area contributed by atoms with Crippen molar-refractivity contribution in [1.29, 1.82) is 0 Å². The quantitative estimate of drug-likeness (QED) is 0.208. The fraction of sp³-hybridized carbons (Fsp3) is 0.0909. The standard InChI is InChI=1S/C44H34N4/c1-44(2)39-18-10-9-17-37(39)38-20-19-30(27-40(38)44)32-24-33(31-14-11-22-45-28-31)26-34(25-32)42-47-41-36(29-12-5-3-6-13-29)21-23-46-43(41)48(42)35-15-7-4-8-16-35/h3-28,42,47H,1-2H3. The minimum Gasteiger partial charge on any atom is -0.358 e. The molecule has 1 aliphatic carbocycles. The summed E-state index contributed by atoms with van der Waals surface area (Å²) in [6.45, 7) is 4.68. The van der Waals surface area contributed by atoms with E-state index in [9.17, 15) is 0 Å². The van der Waals surface area contributed by atoms with Crippen LogP contribution < -0.4 is 10.2 Å². The molecule has 0 spiro atoms. The number of hydrogen-bond donors (Lipinski definition) is 1. The Morgan fingerprint density at radius 2 is 1.27 bits per heavy atom. The number of rotatable bonds is 5. The first-order valence-electron chi connectivity index (χ1n) is 16.5. The number of fused-ring (bicyclic) bond motifs is 4. The Balaban J connectivity index is 1.23. The first-order chi connectivity index (χ1) is 23.6. The van der Waals surface area contributed by atoms with Gasteiger partial charge in [-0.2, -0.15) is 0 Å². The molecule has 1 N–H and O–H groups in total. The molecule has 0 amide bonds. The number of benzene rings is 5. The molecule has 3 heterocycles. The lowest BCUT2D eigenvalue weighted by Gasteiger charge is -2.27. The van der Waals surface area contributed by atoms with Gasteiger partial charge in [0.15, 0.2) is 5.82 Å². The molecular formula is C44H34N4. The lowest BCUT2D eigenvalue weighted by atomic mass is 9.81. The number of nitrogens with zero attached hydrogens (tertiary/aromatic N) is 3. The lowest BCUT2D eigenvalue weighted by Crippen LogP contribution is -2.24. The van der Waals surface area contributed by atoms with Crippen molar-refractivity contribution in [2.75, 3.05) is 10.2 Å². The Kier molecular flexibility index (Phi) is 6.51. The molecule has 0 saturated heterocycles. The number of pyridine rings is 2. The fourth-order valence-corrected chi connectivity index (χ4v) is 7.61. The van der Waals surface area contributed by atoms with Crippen LogP contribution in [0.1, 0.15) is 36.7 Å². The van der Waals surface area contributed by atoms with E-state index < -0.39 is 0 Å². The van der Waals surface area contributed by atoms with E-state index in [0.29, 0.717) is 0 Å². The van der Waals surface area contributed by atoms with E-state index in [0.717, 1.165) is 45.0 Å². The van der Waals surface area contributed by atoms with Gasteiger partial charge in [-0.3, -0.25) is 9.88 Å². The average Bonchev–Trinajstić information content (AvgIpc) is 3.65. The van der Waals surface area contributed by atoms with E-state index in [1.165, 1.54) is 33.4 Å². The zero-order chi connectivity index (χ0) is 32.2. The van der Waals surface area contributed by atoms with E-state index in [1.807, 2.05) is 24.7 Å². The van der Waals surface area contributed by atoms with Gasteiger partial charge in [0, 0.05) is 40.8 Å². The Hall–Kier alpha value is -6.00. The number of anilines is 3. The van der Waals surface area contributed by atoms with Gasteiger partial charge < -0.3 is 5.32 Å². The summed E-state index contributed by atoms with van der Waals surface area (Å²) in [5, 5.41) is 3.94. The van der Waals surface area contributed by atoms with Crippen LogP contribution in [0.25, 0.3) is 44.5 Å². The van der Waals surface area contributed by atoms with Crippen LogP contribution in [-0.2, 0) is 5.41 Å². The largest absolute Gasteiger partial charge is 0.358 e. The third-order valence-corrected chi connectivity index (χ3v) is 10.0. The third-order valence-electron chi connectivity index (χ3n) is 10.0. The molecule has 4 heteroatoms. The van der Waals surface area contributed by atoms with Gasteiger partial charge in [-0.25, -0.2) is 4.98 Å². The Morgan fingerprint density at radius 3 is 2.06 bits per heavy atom. The van der Waals surface area contributed by atoms with Crippen molar-refractivity contribution in [1.82, 2.24) is 9.97 Å². The molecule has 0 saturated carbocycles. The molecule has 9 rings (SSSR count). The monoisotopic (exact) mass is 618 g/mol. The molecule has 1 unspecified atom stereocenters. The summed E-state index contributed by atoms with van der Waals surface area (Å²) >= 11 is 0. The van der Waals surface area contributed by atoms with Gasteiger partial charge >= 0.3 is 0 Å². The van der Waals surface area contributed by atoms with Crippen LogP contribution >= 0.6 is 0 Å². The summed E-state index contributed by atoms with van der Waals surface area (Å²) in [4.78, 5) is 11.8. The summed E-state index contributed by atoms with van der Waals surface area (Å²) in [5.74, 6) is 0.915. The van der Waals surface area contributed by atoms with E-state index in [-0.39, 0.29) is 11.6 Å². The van der Waals surface area contributed by atoms with Crippen LogP contribution in [0.4, 0.5) is 17.2 Å². The Labute approximate surface area is 281 Å². The molecule has 48 heavy (non-hydrogen) atoms. The van der Waals surface area contributed by atoms with Gasteiger partial charge in [0.25, 0.3) is 0 Å². The van der Waals surface area contributed by atoms with E-state index in [4.69, 9.17) is 4.98 Å². The zero-order valence-corrected chi connectivity index (χ0v) is 26.9. The smallest absolute Gasteiger partial charge is 0.159 e. The van der Waals surface area contributed by atoms with Crippen LogP contribution in [0.2, 0.25) is 0 Å². The number of hydrogen-bond acceptors (Lipinski definition) is 4. The lowest BCUT2D eigenvalue weighted by molar-refractivity contribution is 0.660. The van der Waals surface area contributed by atoms with Gasteiger partial charge in [0.05, 0.1) is 5.69 Å². The molecule has 7 aromatic rings. The van der Waals surface area contributed by atoms with Crippen LogP contribution in [0.5, 0.6) is 0 Å². The van der Waals surface area contributed by atoms with E-state index in [1.54, 1.807) is 0 Å². The van der Waals surface area contributed by atoms with Crippen molar-refractivity contribution in [2.45, 2.75) is 25.4 Å². The summed E-state index contributed by atoms with van der Waals surface area (Å²) in [7, 11) is 0. The second kappa shape index (κ2) is 11.1. The fourth-order valence-electron chi connectivity index (χ4n) is 7.61. The summed E-state index contributed by atoms with van der Waals surface area (Å²) in [5.41, 5.74) is 15.5. The SMILES string of the molecule is CC1(C)c2ccccc2-c2ccc(-c3cc(-c4cccnc4)cc(C4Nc5c(-c6ccccc6)ccnc5N4c4ccccc4)c3)cc21. The van der Waals surface area contributed by atoms with Crippen LogP contribution in [0.3, 0.4) is 0 Å². The molecular weight excluding hydrogens is 585 g/mol. The van der Waals surface area contributed by atoms with Crippen molar-refractivity contribution in [3.05, 3.63) is 175 Å². The molecule has 1 atom stereocenters. The first-order valence-corrected chi connectivity index (χ1v) is 16.5. The highest BCUT2D eigenvalue weighted by molar-refractivity contribution is 5.92. The highest BCUT2D eigenvalue weighted by Gasteiger charge is 2.37. The molecule has 230 valence electrons. The predicted octanol–water partition coefficient (Wildman–Crippen LogP) is 11.0. The van der Waals surface area contributed by atoms with Crippen molar-refractivity contribution in [3.63, 3.8) is 0 Å². The van der Waals surface area contributed by atoms with Crippen LogP contribution in [0, 0.1) is 0 Å². The van der Waals surface area contributed by atoms with Gasteiger partial charge in [0.1, 0.15) is 6.17 Å². The topological polar surface area (TPSA) is 41.1 Å². The van der Waals surface area contributed by atoms with Crippen molar-refractivity contribution < 1.29 is 0 Å². The van der Waals surface area contributed by atoms with E-state index in [2.05, 4.69) is 163 Å². The highest BCUT2D eigenvalue weighted by atomic mass is 15.4. The minimum absolute atomic E-state index is 0.0794. The van der Waals surface area contributed by atoms with Gasteiger partial charge in [-0.1, -0.05) is 105 Å². The van der Waals surface area contributed by atoms with Crippen LogP contribution in [-0.4, -0.2) is 9.97 Å². The molecule has 0 fully saturated rings. The molecule has 2 aliphatic rings. The van der Waals surface area contributed by atoms with E-state index >= 15 is 0 Å². The summed E-state index contributed by atoms with van der Waals surface area (Å²) in [6, 6.07) is 50.1. The summed E-state index contributed by atoms with van der Waals surface area (Å²) in [6.07, 6.45) is 5.51. The minimum atomic E-state index is -0.190. The number of nitrogens with one attached hydrogen (secondary N) is 1. The maximum Gasteiger partial charge on any atom is 0.159 e. The molecule has 4 nitrogen and oxygen atoms in total. The number of aromatic nitrogens is 2. The molecule has 2 aromatic heterocycles. The van der Waals surface area contributed by atoms with Gasteiger partial charge in [0.2, 0.25) is 0 Å². The number of para-hydroxylation sites is 1. The molecule has 1 aliphatic heterocycles. The van der Waals surface area contributed by atoms with Gasteiger partial charge in [-0.15, -0.1) is 0 Å². The third kappa shape index (κ3) is 4.52. The average molecular weight is 619 g/mol. The van der Waals surface area contributed by atoms with Crippen molar-refractivity contribution in [3.8, 4) is 44.5 Å². The normalized spacial score (nSPS) is 15.4. The Bertz CT molecular complexity index is 2300. The summed E-state index contributed by atoms with van der Waals surface area (Å²) < 4.78 is 0. The maximum absolute atomic E-state index is 4.97. The second-order valence-electron chi connectivity index (χ2n) is 13.2. The molecule has 5 aromatic carbocycles. The predicted molar refractivity (Wildman–Crippen MR) is 197 cm³/mol. The van der Waals surface area contributed by atoms with Crippen LogP contribution in [0.15, 0.2) is 158 Å². The van der Waals surface area contributed by atoms with Crippen molar-refractivity contribution >= 4 is 17.2 Å². The zero-order valence-electron chi connectivity index (χ0n) is 26.9. The van der Waals surface area contributed by atoms with Gasteiger partial charge in [-0.05, 0) is 98.6 Å². The highest BCUT2D eigenvalue weighted by Crippen LogP contribution is 2.51. The second-order valence-corrected chi connectivity index (χ2v) is 13.2. The molecule has 0 radical (unpaired) electrons. The van der Waals surface area contributed by atoms with Crippen molar-refractivity contribution in [2.24, 2.45) is 0 Å².